The number of aliphatic imine (C=N–C) groups is 1. The predicted octanol–water partition coefficient (Wildman–Crippen LogP) is 2.72. The van der Waals surface area contributed by atoms with Gasteiger partial charge in [0.15, 0.2) is 5.96 Å². The van der Waals surface area contributed by atoms with Gasteiger partial charge in [0.05, 0.1) is 0 Å². The third-order valence-electron chi connectivity index (χ3n) is 2.39. The Morgan fingerprint density at radius 1 is 1.29 bits per heavy atom. The van der Waals surface area contributed by atoms with Crippen molar-refractivity contribution >= 4 is 30.1 Å². The summed E-state index contributed by atoms with van der Waals surface area (Å²) >= 11 is 0. The largest absolute Gasteiger partial charge is 0.408 e. The predicted molar refractivity (Wildman–Crippen MR) is 77.9 cm³/mol. The normalized spacial score (nSPS) is 11.6. The average molecular weight is 325 g/mol. The number of anilines is 1. The van der Waals surface area contributed by atoms with Crippen LogP contribution < -0.4 is 16.4 Å². The minimum absolute atomic E-state index is 0. The molecule has 21 heavy (non-hydrogen) atoms. The molecule has 0 saturated carbocycles. The highest BCUT2D eigenvalue weighted by Crippen LogP contribution is 2.19. The van der Waals surface area contributed by atoms with Crippen LogP contribution in [-0.4, -0.2) is 24.7 Å². The van der Waals surface area contributed by atoms with Gasteiger partial charge in [-0.25, -0.2) is 9.79 Å². The van der Waals surface area contributed by atoms with Gasteiger partial charge < -0.3 is 11.1 Å². The molecule has 0 bridgehead atoms. The van der Waals surface area contributed by atoms with E-state index in [0.29, 0.717) is 5.69 Å². The van der Waals surface area contributed by atoms with Crippen molar-refractivity contribution in [3.05, 3.63) is 29.3 Å². The molecule has 0 fully saturated rings. The summed E-state index contributed by atoms with van der Waals surface area (Å²) in [5.41, 5.74) is 7.42. The lowest BCUT2D eigenvalue weighted by Crippen LogP contribution is -2.40. The number of nitrogens with one attached hydrogen (secondary N) is 2. The Labute approximate surface area is 126 Å². The van der Waals surface area contributed by atoms with E-state index in [1.807, 2.05) is 11.4 Å². The molecule has 0 spiro atoms. The van der Waals surface area contributed by atoms with Gasteiger partial charge in [-0.15, -0.1) is 12.4 Å². The molecule has 0 saturated heterocycles. The Morgan fingerprint density at radius 3 is 2.29 bits per heavy atom. The third-order valence-corrected chi connectivity index (χ3v) is 2.39. The number of nitrogens with zero attached hydrogens (tertiary/aromatic N) is 1. The fraction of sp³-hybridized carbons (Fsp3) is 0.333. The van der Waals surface area contributed by atoms with Crippen LogP contribution in [0.1, 0.15) is 11.1 Å². The van der Waals surface area contributed by atoms with Crippen LogP contribution in [0.4, 0.5) is 23.7 Å². The summed E-state index contributed by atoms with van der Waals surface area (Å²) in [5, 5.41) is 4.55. The highest BCUT2D eigenvalue weighted by Gasteiger charge is 2.26. The standard InChI is InChI=1S/C12H15F3N4O.ClH/c1-7-4-3-5-8(2)9(7)18-11(20)19-10(16)17-6-12(13,14)15;/h3-5H,6H2,1-2H3,(H4,16,17,18,19,20);1H. The van der Waals surface area contributed by atoms with Crippen LogP contribution >= 0.6 is 12.4 Å². The fourth-order valence-electron chi connectivity index (χ4n) is 1.49. The number of urea groups is 1. The number of guanidine groups is 1. The maximum atomic E-state index is 11.9. The maximum Gasteiger partial charge on any atom is 0.408 e. The highest BCUT2D eigenvalue weighted by atomic mass is 35.5. The topological polar surface area (TPSA) is 79.5 Å². The number of benzene rings is 1. The zero-order chi connectivity index (χ0) is 15.3. The summed E-state index contributed by atoms with van der Waals surface area (Å²) in [6, 6.07) is 4.67. The van der Waals surface area contributed by atoms with Crippen molar-refractivity contribution in [1.82, 2.24) is 5.32 Å². The van der Waals surface area contributed by atoms with Crippen LogP contribution in [0.25, 0.3) is 0 Å². The summed E-state index contributed by atoms with van der Waals surface area (Å²) in [4.78, 5) is 14.6. The summed E-state index contributed by atoms with van der Waals surface area (Å²) in [7, 11) is 0. The lowest BCUT2D eigenvalue weighted by atomic mass is 10.1. The lowest BCUT2D eigenvalue weighted by Gasteiger charge is -2.12. The van der Waals surface area contributed by atoms with Gasteiger partial charge in [-0.05, 0) is 25.0 Å². The molecule has 1 aromatic carbocycles. The first-order valence-electron chi connectivity index (χ1n) is 5.70. The van der Waals surface area contributed by atoms with Crippen LogP contribution in [0, 0.1) is 13.8 Å². The van der Waals surface area contributed by atoms with Crippen molar-refractivity contribution in [2.45, 2.75) is 20.0 Å². The van der Waals surface area contributed by atoms with Crippen molar-refractivity contribution in [2.24, 2.45) is 10.7 Å². The van der Waals surface area contributed by atoms with Gasteiger partial charge in [0.1, 0.15) is 6.54 Å². The Morgan fingerprint density at radius 2 is 1.81 bits per heavy atom. The van der Waals surface area contributed by atoms with Crippen LogP contribution in [0.15, 0.2) is 23.2 Å². The van der Waals surface area contributed by atoms with E-state index < -0.39 is 24.7 Å². The molecule has 9 heteroatoms. The molecule has 0 aliphatic carbocycles. The quantitative estimate of drug-likeness (QED) is 0.577. The molecule has 1 rings (SSSR count). The fourth-order valence-corrected chi connectivity index (χ4v) is 1.49. The summed E-state index contributed by atoms with van der Waals surface area (Å²) in [5.74, 6) is -0.592. The van der Waals surface area contributed by atoms with Crippen LogP contribution in [0.2, 0.25) is 0 Å². The molecule has 1 aromatic rings. The lowest BCUT2D eigenvalue weighted by molar-refractivity contribution is -0.118. The van der Waals surface area contributed by atoms with Crippen LogP contribution in [0.5, 0.6) is 0 Å². The van der Waals surface area contributed by atoms with Gasteiger partial charge in [-0.1, -0.05) is 18.2 Å². The molecule has 118 valence electrons. The third kappa shape index (κ3) is 6.84. The number of amides is 2. The molecule has 0 atom stereocenters. The molecule has 0 radical (unpaired) electrons. The molecule has 0 unspecified atom stereocenters. The molecule has 4 N–H and O–H groups in total. The van der Waals surface area contributed by atoms with Gasteiger partial charge >= 0.3 is 12.2 Å². The number of hydrogen-bond acceptors (Lipinski definition) is 2. The molecular formula is C12H16ClF3N4O. The Kier molecular flexibility index (Phi) is 7.00. The van der Waals surface area contributed by atoms with Gasteiger partial charge in [0.2, 0.25) is 0 Å². The number of nitrogens with two attached hydrogens (primary N) is 1. The molecule has 5 nitrogen and oxygen atoms in total. The summed E-state index contributed by atoms with van der Waals surface area (Å²) < 4.78 is 35.7. The van der Waals surface area contributed by atoms with Gasteiger partial charge in [0, 0.05) is 5.69 Å². The second-order valence-electron chi connectivity index (χ2n) is 4.16. The Bertz CT molecular complexity index is 511. The summed E-state index contributed by atoms with van der Waals surface area (Å²) in [6.07, 6.45) is -4.46. The van der Waals surface area contributed by atoms with E-state index in [9.17, 15) is 18.0 Å². The van der Waals surface area contributed by atoms with Crippen molar-refractivity contribution in [3.8, 4) is 0 Å². The molecule has 0 aliphatic rings. The first-order valence-corrected chi connectivity index (χ1v) is 5.70. The molecule has 0 heterocycles. The molecule has 0 aromatic heterocycles. The van der Waals surface area contributed by atoms with Crippen molar-refractivity contribution < 1.29 is 18.0 Å². The van der Waals surface area contributed by atoms with Crippen molar-refractivity contribution in [2.75, 3.05) is 11.9 Å². The molecule has 0 aliphatic heterocycles. The smallest absolute Gasteiger partial charge is 0.370 e. The maximum absolute atomic E-state index is 11.9. The van der Waals surface area contributed by atoms with E-state index in [0.717, 1.165) is 11.1 Å². The van der Waals surface area contributed by atoms with Crippen molar-refractivity contribution in [1.29, 1.82) is 0 Å². The number of carbonyl (C=O) groups excluding carboxylic acids is 1. The number of para-hydroxylation sites is 1. The van der Waals surface area contributed by atoms with E-state index >= 15 is 0 Å². The van der Waals surface area contributed by atoms with E-state index in [1.54, 1.807) is 26.0 Å². The zero-order valence-corrected chi connectivity index (χ0v) is 12.2. The molecule has 2 amide bonds. The van der Waals surface area contributed by atoms with E-state index in [1.165, 1.54) is 0 Å². The van der Waals surface area contributed by atoms with Crippen molar-refractivity contribution in [3.63, 3.8) is 0 Å². The van der Waals surface area contributed by atoms with E-state index in [4.69, 9.17) is 5.73 Å². The number of aryl methyl sites for hydroxylation is 2. The van der Waals surface area contributed by atoms with E-state index in [-0.39, 0.29) is 12.4 Å². The monoisotopic (exact) mass is 324 g/mol. The number of carbonyl (C=O) groups is 1. The Hall–Kier alpha value is -1.96. The number of rotatable bonds is 2. The minimum atomic E-state index is -4.46. The second-order valence-corrected chi connectivity index (χ2v) is 4.16. The Balaban J connectivity index is 0.00000400. The zero-order valence-electron chi connectivity index (χ0n) is 11.4. The summed E-state index contributed by atoms with van der Waals surface area (Å²) in [6.45, 7) is 2.15. The SMILES string of the molecule is Cc1cccc(C)c1NC(=O)NC(N)=NCC(F)(F)F.Cl. The number of hydrogen-bond donors (Lipinski definition) is 3. The van der Waals surface area contributed by atoms with Gasteiger partial charge in [0.25, 0.3) is 0 Å². The van der Waals surface area contributed by atoms with E-state index in [2.05, 4.69) is 10.3 Å². The second kappa shape index (κ2) is 7.72. The van der Waals surface area contributed by atoms with Gasteiger partial charge in [-0.3, -0.25) is 5.32 Å². The first kappa shape index (κ1) is 19.0. The number of alkyl halides is 3. The van der Waals surface area contributed by atoms with Gasteiger partial charge in [-0.2, -0.15) is 13.2 Å². The van der Waals surface area contributed by atoms with Crippen LogP contribution in [-0.2, 0) is 0 Å². The minimum Gasteiger partial charge on any atom is -0.370 e. The average Bonchev–Trinajstić information content (AvgIpc) is 2.31. The molecular weight excluding hydrogens is 309 g/mol. The highest BCUT2D eigenvalue weighted by molar-refractivity contribution is 6.02. The first-order chi connectivity index (χ1) is 9.19. The number of halogens is 4. The van der Waals surface area contributed by atoms with Crippen LogP contribution in [0.3, 0.4) is 0 Å².